The van der Waals surface area contributed by atoms with Crippen LogP contribution in [0.3, 0.4) is 0 Å². The molecule has 0 unspecified atom stereocenters. The highest BCUT2D eigenvalue weighted by Crippen LogP contribution is 2.27. The molecule has 2 aromatic rings. The first kappa shape index (κ1) is 15.1. The molecule has 23 heavy (non-hydrogen) atoms. The number of halogens is 2. The number of hydrogen-bond acceptors (Lipinski definition) is 2. The average Bonchev–Trinajstić information content (AvgIpc) is 2.96. The van der Waals surface area contributed by atoms with Crippen molar-refractivity contribution in [3.63, 3.8) is 0 Å². The second-order valence-electron chi connectivity index (χ2n) is 5.23. The Morgan fingerprint density at radius 2 is 1.91 bits per heavy atom. The minimum atomic E-state index is -0.957. The molecule has 2 amide bonds. The molecular weight excluding hydrogens is 302 g/mol. The molecule has 0 spiro atoms. The molecule has 0 saturated carbocycles. The van der Waals surface area contributed by atoms with Gasteiger partial charge in [0.15, 0.2) is 0 Å². The highest BCUT2D eigenvalue weighted by molar-refractivity contribution is 6.01. The van der Waals surface area contributed by atoms with E-state index in [0.29, 0.717) is 12.6 Å². The lowest BCUT2D eigenvalue weighted by molar-refractivity contribution is -0.117. The van der Waals surface area contributed by atoms with E-state index in [9.17, 15) is 18.4 Å². The van der Waals surface area contributed by atoms with E-state index in [1.165, 1.54) is 0 Å². The van der Waals surface area contributed by atoms with Crippen LogP contribution in [0.15, 0.2) is 42.5 Å². The van der Waals surface area contributed by atoms with E-state index in [0.717, 1.165) is 29.8 Å². The van der Waals surface area contributed by atoms with Crippen LogP contribution in [0.25, 0.3) is 0 Å². The van der Waals surface area contributed by atoms with Crippen LogP contribution in [0, 0.1) is 11.6 Å². The molecule has 0 aliphatic carbocycles. The van der Waals surface area contributed by atoms with Crippen LogP contribution in [0.2, 0.25) is 0 Å². The number of amides is 2. The molecule has 0 bridgehead atoms. The Labute approximate surface area is 131 Å². The number of fused-ring (bicyclic) bond motifs is 1. The van der Waals surface area contributed by atoms with Crippen molar-refractivity contribution < 1.29 is 18.4 Å². The van der Waals surface area contributed by atoms with Gasteiger partial charge in [-0.2, -0.15) is 0 Å². The smallest absolute Gasteiger partial charge is 0.254 e. The van der Waals surface area contributed by atoms with Crippen molar-refractivity contribution in [3.05, 3.63) is 65.2 Å². The molecule has 1 N–H and O–H groups in total. The van der Waals surface area contributed by atoms with Crippen molar-refractivity contribution in [2.75, 3.05) is 18.0 Å². The SMILES string of the molecule is O=C(NCC(=O)N1CCc2ccccc21)c1ccc(F)cc1F. The average molecular weight is 316 g/mol. The van der Waals surface area contributed by atoms with Gasteiger partial charge in [-0.3, -0.25) is 9.59 Å². The van der Waals surface area contributed by atoms with Gasteiger partial charge in [0.05, 0.1) is 12.1 Å². The Bertz CT molecular complexity index is 777. The van der Waals surface area contributed by atoms with Crippen LogP contribution in [-0.2, 0) is 11.2 Å². The minimum absolute atomic E-state index is 0.246. The van der Waals surface area contributed by atoms with Gasteiger partial charge < -0.3 is 10.2 Å². The second kappa shape index (κ2) is 6.16. The number of nitrogens with zero attached hydrogens (tertiary/aromatic N) is 1. The molecule has 6 heteroatoms. The number of carbonyl (C=O) groups excluding carboxylic acids is 2. The van der Waals surface area contributed by atoms with E-state index >= 15 is 0 Å². The predicted octanol–water partition coefficient (Wildman–Crippen LogP) is 2.28. The molecule has 0 saturated heterocycles. The molecule has 0 atom stereocenters. The Morgan fingerprint density at radius 3 is 2.70 bits per heavy atom. The molecule has 118 valence electrons. The fourth-order valence-electron chi connectivity index (χ4n) is 2.62. The van der Waals surface area contributed by atoms with E-state index in [1.807, 2.05) is 24.3 Å². The lowest BCUT2D eigenvalue weighted by Crippen LogP contribution is -2.39. The number of hydrogen-bond donors (Lipinski definition) is 1. The van der Waals surface area contributed by atoms with Crippen molar-refractivity contribution in [2.45, 2.75) is 6.42 Å². The Balaban J connectivity index is 1.65. The number of para-hydroxylation sites is 1. The zero-order valence-corrected chi connectivity index (χ0v) is 12.2. The van der Waals surface area contributed by atoms with Gasteiger partial charge in [0, 0.05) is 18.3 Å². The lowest BCUT2D eigenvalue weighted by Gasteiger charge is -2.17. The first-order valence-corrected chi connectivity index (χ1v) is 7.18. The number of nitrogens with one attached hydrogen (secondary N) is 1. The summed E-state index contributed by atoms with van der Waals surface area (Å²) in [6.45, 7) is 0.308. The maximum absolute atomic E-state index is 13.5. The van der Waals surface area contributed by atoms with E-state index in [1.54, 1.807) is 4.90 Å². The summed E-state index contributed by atoms with van der Waals surface area (Å²) in [7, 11) is 0. The molecule has 1 heterocycles. The molecule has 0 fully saturated rings. The molecule has 2 aromatic carbocycles. The van der Waals surface area contributed by atoms with E-state index < -0.39 is 17.5 Å². The van der Waals surface area contributed by atoms with E-state index in [-0.39, 0.29) is 18.0 Å². The van der Waals surface area contributed by atoms with Gasteiger partial charge in [-0.15, -0.1) is 0 Å². The Hall–Kier alpha value is -2.76. The summed E-state index contributed by atoms with van der Waals surface area (Å²) < 4.78 is 26.4. The monoisotopic (exact) mass is 316 g/mol. The minimum Gasteiger partial charge on any atom is -0.343 e. The van der Waals surface area contributed by atoms with Crippen LogP contribution < -0.4 is 10.2 Å². The third kappa shape index (κ3) is 3.06. The number of rotatable bonds is 3. The van der Waals surface area contributed by atoms with Gasteiger partial charge in [0.2, 0.25) is 5.91 Å². The summed E-state index contributed by atoms with van der Waals surface area (Å²) in [6, 6.07) is 10.2. The van der Waals surface area contributed by atoms with Gasteiger partial charge in [0.25, 0.3) is 5.91 Å². The van der Waals surface area contributed by atoms with Gasteiger partial charge >= 0.3 is 0 Å². The normalized spacial score (nSPS) is 12.9. The maximum Gasteiger partial charge on any atom is 0.254 e. The van der Waals surface area contributed by atoms with Crippen LogP contribution in [-0.4, -0.2) is 24.9 Å². The predicted molar refractivity (Wildman–Crippen MR) is 81.2 cm³/mol. The fourth-order valence-corrected chi connectivity index (χ4v) is 2.62. The third-order valence-electron chi connectivity index (χ3n) is 3.76. The highest BCUT2D eigenvalue weighted by atomic mass is 19.1. The number of carbonyl (C=O) groups is 2. The van der Waals surface area contributed by atoms with Crippen LogP contribution in [0.1, 0.15) is 15.9 Å². The van der Waals surface area contributed by atoms with Crippen molar-refractivity contribution in [2.24, 2.45) is 0 Å². The number of benzene rings is 2. The molecule has 3 rings (SSSR count). The van der Waals surface area contributed by atoms with Crippen LogP contribution >= 0.6 is 0 Å². The summed E-state index contributed by atoms with van der Waals surface area (Å²) in [4.78, 5) is 25.7. The van der Waals surface area contributed by atoms with Gasteiger partial charge in [-0.1, -0.05) is 18.2 Å². The molecule has 1 aliphatic rings. The van der Waals surface area contributed by atoms with Crippen LogP contribution in [0.5, 0.6) is 0 Å². The van der Waals surface area contributed by atoms with Crippen molar-refractivity contribution in [3.8, 4) is 0 Å². The molecule has 0 radical (unpaired) electrons. The summed E-state index contributed by atoms with van der Waals surface area (Å²) in [6.07, 6.45) is 0.766. The van der Waals surface area contributed by atoms with Gasteiger partial charge in [0.1, 0.15) is 11.6 Å². The van der Waals surface area contributed by atoms with Crippen molar-refractivity contribution in [1.29, 1.82) is 0 Å². The third-order valence-corrected chi connectivity index (χ3v) is 3.76. The largest absolute Gasteiger partial charge is 0.343 e. The standard InChI is InChI=1S/C17H14F2N2O2/c18-12-5-6-13(14(19)9-12)17(23)20-10-16(22)21-8-7-11-3-1-2-4-15(11)21/h1-6,9H,7-8,10H2,(H,20,23). The lowest BCUT2D eigenvalue weighted by atomic mass is 10.2. The quantitative estimate of drug-likeness (QED) is 0.944. The summed E-state index contributed by atoms with van der Waals surface area (Å²) in [5.74, 6) is -2.74. The second-order valence-corrected chi connectivity index (χ2v) is 5.23. The molecule has 4 nitrogen and oxygen atoms in total. The van der Waals surface area contributed by atoms with Crippen LogP contribution in [0.4, 0.5) is 14.5 Å². The maximum atomic E-state index is 13.5. The fraction of sp³-hybridized carbons (Fsp3) is 0.176. The number of anilines is 1. The highest BCUT2D eigenvalue weighted by Gasteiger charge is 2.24. The van der Waals surface area contributed by atoms with Gasteiger partial charge in [-0.25, -0.2) is 8.78 Å². The molecule has 1 aliphatic heterocycles. The topological polar surface area (TPSA) is 49.4 Å². The first-order chi connectivity index (χ1) is 11.1. The first-order valence-electron chi connectivity index (χ1n) is 7.18. The van der Waals surface area contributed by atoms with E-state index in [2.05, 4.69) is 5.32 Å². The Morgan fingerprint density at radius 1 is 1.13 bits per heavy atom. The summed E-state index contributed by atoms with van der Waals surface area (Å²) in [5.41, 5.74) is 1.62. The van der Waals surface area contributed by atoms with Crippen molar-refractivity contribution >= 4 is 17.5 Å². The van der Waals surface area contributed by atoms with E-state index in [4.69, 9.17) is 0 Å². The Kier molecular flexibility index (Phi) is 4.06. The summed E-state index contributed by atoms with van der Waals surface area (Å²) >= 11 is 0. The molecular formula is C17H14F2N2O2. The zero-order chi connectivity index (χ0) is 16.4. The zero-order valence-electron chi connectivity index (χ0n) is 12.2. The van der Waals surface area contributed by atoms with Crippen molar-refractivity contribution in [1.82, 2.24) is 5.32 Å². The summed E-state index contributed by atoms with van der Waals surface area (Å²) in [5, 5.41) is 2.37. The molecule has 0 aromatic heterocycles. The van der Waals surface area contributed by atoms with Gasteiger partial charge in [-0.05, 0) is 30.2 Å².